The minimum atomic E-state index is -0.418. The number of hydrogen-bond acceptors (Lipinski definition) is 4. The topological polar surface area (TPSA) is 63.0 Å². The first-order valence-corrected chi connectivity index (χ1v) is 5.69. The molecule has 5 heteroatoms. The number of pyridine rings is 1. The number of nitriles is 1. The van der Waals surface area contributed by atoms with Gasteiger partial charge in [0.25, 0.3) is 0 Å². The zero-order chi connectivity index (χ0) is 12.3. The van der Waals surface area contributed by atoms with Gasteiger partial charge in [0.15, 0.2) is 0 Å². The Morgan fingerprint density at radius 2 is 2.41 bits per heavy atom. The van der Waals surface area contributed by atoms with Gasteiger partial charge in [-0.3, -0.25) is 0 Å². The van der Waals surface area contributed by atoms with Crippen LogP contribution in [0.3, 0.4) is 0 Å². The van der Waals surface area contributed by atoms with Crippen LogP contribution in [0.2, 0.25) is 5.15 Å². The summed E-state index contributed by atoms with van der Waals surface area (Å²) in [5.41, 5.74) is 0.291. The monoisotopic (exact) mass is 250 g/mol. The third-order valence-electron chi connectivity index (χ3n) is 2.88. The Morgan fingerprint density at radius 1 is 1.65 bits per heavy atom. The van der Waals surface area contributed by atoms with E-state index in [1.165, 1.54) is 12.3 Å². The summed E-state index contributed by atoms with van der Waals surface area (Å²) in [6.07, 6.45) is 3.80. The molecule has 4 nitrogen and oxygen atoms in total. The lowest BCUT2D eigenvalue weighted by molar-refractivity contribution is 0.0419. The molecule has 1 aromatic heterocycles. The molecule has 0 radical (unpaired) electrons. The molecule has 1 saturated carbocycles. The fourth-order valence-corrected chi connectivity index (χ4v) is 1.72. The molecule has 0 atom stereocenters. The largest absolute Gasteiger partial charge is 0.461 e. The molecule has 1 aliphatic rings. The Kier molecular flexibility index (Phi) is 3.30. The Hall–Kier alpha value is -1.60. The van der Waals surface area contributed by atoms with Crippen LogP contribution in [-0.4, -0.2) is 17.6 Å². The third kappa shape index (κ3) is 2.95. The van der Waals surface area contributed by atoms with E-state index in [0.717, 1.165) is 12.8 Å². The minimum Gasteiger partial charge on any atom is -0.461 e. The second kappa shape index (κ2) is 4.72. The molecule has 1 aliphatic carbocycles. The third-order valence-corrected chi connectivity index (χ3v) is 3.09. The van der Waals surface area contributed by atoms with Gasteiger partial charge in [-0.25, -0.2) is 9.78 Å². The fraction of sp³-hybridized carbons (Fsp3) is 0.417. The van der Waals surface area contributed by atoms with Crippen molar-refractivity contribution in [3.8, 4) is 6.07 Å². The molecule has 0 saturated heterocycles. The van der Waals surface area contributed by atoms with Crippen molar-refractivity contribution >= 4 is 17.6 Å². The van der Waals surface area contributed by atoms with Crippen molar-refractivity contribution in [3.05, 3.63) is 29.0 Å². The Bertz CT molecular complexity index is 478. The standard InChI is InChI=1S/C12H11ClN2O2/c13-10-7-9(1-6-15-10)11(16)17-8-12(2-3-12)4-5-14/h1,6-7H,2-4,8H2. The Labute approximate surface area is 104 Å². The van der Waals surface area contributed by atoms with Crippen molar-refractivity contribution in [1.29, 1.82) is 5.26 Å². The van der Waals surface area contributed by atoms with E-state index in [2.05, 4.69) is 11.1 Å². The fourth-order valence-electron chi connectivity index (χ4n) is 1.55. The summed E-state index contributed by atoms with van der Waals surface area (Å²) in [6.45, 7) is 0.305. The number of esters is 1. The van der Waals surface area contributed by atoms with Gasteiger partial charge in [0, 0.05) is 18.0 Å². The van der Waals surface area contributed by atoms with Crippen LogP contribution in [0.15, 0.2) is 18.3 Å². The van der Waals surface area contributed by atoms with Crippen molar-refractivity contribution in [2.45, 2.75) is 19.3 Å². The first kappa shape index (κ1) is 11.9. The predicted molar refractivity (Wildman–Crippen MR) is 61.4 cm³/mol. The molecule has 1 fully saturated rings. The zero-order valence-electron chi connectivity index (χ0n) is 9.15. The average Bonchev–Trinajstić information content (AvgIpc) is 3.07. The van der Waals surface area contributed by atoms with E-state index < -0.39 is 5.97 Å². The van der Waals surface area contributed by atoms with Crippen LogP contribution in [0.5, 0.6) is 0 Å². The molecule has 0 spiro atoms. The van der Waals surface area contributed by atoms with Crippen LogP contribution in [0.25, 0.3) is 0 Å². The van der Waals surface area contributed by atoms with Crippen LogP contribution in [0.4, 0.5) is 0 Å². The molecule has 0 bridgehead atoms. The zero-order valence-corrected chi connectivity index (χ0v) is 9.91. The van der Waals surface area contributed by atoms with E-state index in [1.54, 1.807) is 6.07 Å². The SMILES string of the molecule is N#CCC1(COC(=O)c2ccnc(Cl)c2)CC1. The molecular weight excluding hydrogens is 240 g/mol. The molecule has 1 aromatic rings. The highest BCUT2D eigenvalue weighted by molar-refractivity contribution is 6.29. The number of ether oxygens (including phenoxy) is 1. The minimum absolute atomic E-state index is 0.0960. The number of hydrogen-bond donors (Lipinski definition) is 0. The second-order valence-corrected chi connectivity index (χ2v) is 4.67. The maximum absolute atomic E-state index is 11.7. The number of rotatable bonds is 4. The number of halogens is 1. The molecule has 0 aliphatic heterocycles. The predicted octanol–water partition coefficient (Wildman–Crippen LogP) is 2.59. The van der Waals surface area contributed by atoms with E-state index in [1.807, 2.05) is 0 Å². The summed E-state index contributed by atoms with van der Waals surface area (Å²) >= 11 is 5.68. The first-order chi connectivity index (χ1) is 8.15. The quantitative estimate of drug-likeness (QED) is 0.609. The molecule has 0 amide bonds. The van der Waals surface area contributed by atoms with Crippen LogP contribution >= 0.6 is 11.6 Å². The maximum Gasteiger partial charge on any atom is 0.338 e. The normalized spacial score (nSPS) is 16.0. The van der Waals surface area contributed by atoms with Crippen LogP contribution in [0.1, 0.15) is 29.6 Å². The molecule has 0 aromatic carbocycles. The second-order valence-electron chi connectivity index (χ2n) is 4.28. The van der Waals surface area contributed by atoms with E-state index in [9.17, 15) is 4.79 Å². The summed E-state index contributed by atoms with van der Waals surface area (Å²) in [6, 6.07) is 5.14. The van der Waals surface area contributed by atoms with Crippen LogP contribution in [-0.2, 0) is 4.74 Å². The summed E-state index contributed by atoms with van der Waals surface area (Å²) in [7, 11) is 0. The first-order valence-electron chi connectivity index (χ1n) is 5.31. The lowest BCUT2D eigenvalue weighted by Gasteiger charge is -2.11. The molecule has 0 N–H and O–H groups in total. The van der Waals surface area contributed by atoms with Crippen molar-refractivity contribution in [1.82, 2.24) is 4.98 Å². The van der Waals surface area contributed by atoms with Crippen molar-refractivity contribution < 1.29 is 9.53 Å². The van der Waals surface area contributed by atoms with Gasteiger partial charge in [0.05, 0.1) is 18.2 Å². The van der Waals surface area contributed by atoms with Gasteiger partial charge in [-0.2, -0.15) is 5.26 Å². The summed E-state index contributed by atoms with van der Waals surface area (Å²) in [4.78, 5) is 15.5. The average molecular weight is 251 g/mol. The summed E-state index contributed by atoms with van der Waals surface area (Å²) < 4.78 is 5.19. The van der Waals surface area contributed by atoms with Crippen molar-refractivity contribution in [2.75, 3.05) is 6.61 Å². The van der Waals surface area contributed by atoms with E-state index in [0.29, 0.717) is 18.6 Å². The number of carbonyl (C=O) groups is 1. The highest BCUT2D eigenvalue weighted by Crippen LogP contribution is 2.48. The van der Waals surface area contributed by atoms with Gasteiger partial charge in [-0.15, -0.1) is 0 Å². The molecule has 2 rings (SSSR count). The van der Waals surface area contributed by atoms with Gasteiger partial charge >= 0.3 is 5.97 Å². The molecule has 0 unspecified atom stereocenters. The van der Waals surface area contributed by atoms with Gasteiger partial charge < -0.3 is 4.74 Å². The molecule has 88 valence electrons. The molecular formula is C12H11ClN2O2. The highest BCUT2D eigenvalue weighted by Gasteiger charge is 2.43. The summed E-state index contributed by atoms with van der Waals surface area (Å²) in [5, 5.41) is 8.91. The Morgan fingerprint density at radius 3 is 3.00 bits per heavy atom. The van der Waals surface area contributed by atoms with Gasteiger partial charge in [-0.05, 0) is 25.0 Å². The smallest absolute Gasteiger partial charge is 0.338 e. The highest BCUT2D eigenvalue weighted by atomic mass is 35.5. The number of aromatic nitrogens is 1. The number of carbonyl (C=O) groups excluding carboxylic acids is 1. The van der Waals surface area contributed by atoms with E-state index in [-0.39, 0.29) is 10.6 Å². The Balaban J connectivity index is 1.92. The maximum atomic E-state index is 11.7. The van der Waals surface area contributed by atoms with E-state index in [4.69, 9.17) is 21.6 Å². The van der Waals surface area contributed by atoms with Gasteiger partial charge in [0.1, 0.15) is 5.15 Å². The lowest BCUT2D eigenvalue weighted by atomic mass is 10.1. The molecule has 17 heavy (non-hydrogen) atoms. The van der Waals surface area contributed by atoms with Crippen molar-refractivity contribution in [3.63, 3.8) is 0 Å². The van der Waals surface area contributed by atoms with Gasteiger partial charge in [0.2, 0.25) is 0 Å². The summed E-state index contributed by atoms with van der Waals surface area (Å²) in [5.74, 6) is -0.418. The lowest BCUT2D eigenvalue weighted by Crippen LogP contribution is -2.15. The van der Waals surface area contributed by atoms with Gasteiger partial charge in [-0.1, -0.05) is 11.6 Å². The van der Waals surface area contributed by atoms with Crippen LogP contribution in [0, 0.1) is 16.7 Å². The van der Waals surface area contributed by atoms with Crippen LogP contribution < -0.4 is 0 Å². The number of nitrogens with zero attached hydrogens (tertiary/aromatic N) is 2. The van der Waals surface area contributed by atoms with E-state index >= 15 is 0 Å². The van der Waals surface area contributed by atoms with Crippen molar-refractivity contribution in [2.24, 2.45) is 5.41 Å². The molecule has 1 heterocycles.